The van der Waals surface area contributed by atoms with Crippen LogP contribution in [0, 0.1) is 6.92 Å². The maximum absolute atomic E-state index is 12.0. The van der Waals surface area contributed by atoms with Gasteiger partial charge in [-0.2, -0.15) is 0 Å². The molecule has 142 valence electrons. The predicted octanol–water partition coefficient (Wildman–Crippen LogP) is 2.46. The molecular formula is C19H19Cl2N3O3. The molecule has 3 N–H and O–H groups in total. The fourth-order valence-electron chi connectivity index (χ4n) is 2.24. The summed E-state index contributed by atoms with van der Waals surface area (Å²) in [6, 6.07) is 12.1. The third kappa shape index (κ3) is 6.58. The second-order valence-electron chi connectivity index (χ2n) is 5.79. The topological polar surface area (TPSA) is 87.3 Å². The van der Waals surface area contributed by atoms with E-state index in [1.54, 1.807) is 0 Å². The summed E-state index contributed by atoms with van der Waals surface area (Å²) in [5.74, 6) is -1.31. The molecule has 0 unspecified atom stereocenters. The summed E-state index contributed by atoms with van der Waals surface area (Å²) in [6.07, 6.45) is 0. The van der Waals surface area contributed by atoms with Crippen LogP contribution in [-0.2, 0) is 16.1 Å². The SMILES string of the molecule is Cc1ccccc1CNC(=O)CNC(=O)CNC(=O)c1ccc(Cl)cc1Cl. The van der Waals surface area contributed by atoms with Crippen LogP contribution in [0.1, 0.15) is 21.5 Å². The minimum absolute atomic E-state index is 0.178. The Bertz CT molecular complexity index is 856. The van der Waals surface area contributed by atoms with Crippen LogP contribution in [-0.4, -0.2) is 30.8 Å². The average molecular weight is 408 g/mol. The summed E-state index contributed by atoms with van der Waals surface area (Å²) < 4.78 is 0. The molecule has 0 aliphatic carbocycles. The van der Waals surface area contributed by atoms with Gasteiger partial charge in [0, 0.05) is 11.6 Å². The third-order valence-electron chi connectivity index (χ3n) is 3.77. The maximum atomic E-state index is 12.0. The Labute approximate surface area is 167 Å². The van der Waals surface area contributed by atoms with Gasteiger partial charge in [0.2, 0.25) is 11.8 Å². The predicted molar refractivity (Wildman–Crippen MR) is 105 cm³/mol. The van der Waals surface area contributed by atoms with Crippen LogP contribution in [0.5, 0.6) is 0 Å². The fraction of sp³-hybridized carbons (Fsp3) is 0.211. The minimum Gasteiger partial charge on any atom is -0.350 e. The number of halogens is 2. The molecule has 0 atom stereocenters. The van der Waals surface area contributed by atoms with E-state index in [1.807, 2.05) is 31.2 Å². The highest BCUT2D eigenvalue weighted by Crippen LogP contribution is 2.20. The van der Waals surface area contributed by atoms with Gasteiger partial charge >= 0.3 is 0 Å². The van der Waals surface area contributed by atoms with Crippen LogP contribution in [0.15, 0.2) is 42.5 Å². The molecule has 2 aromatic rings. The molecule has 0 spiro atoms. The van der Waals surface area contributed by atoms with Crippen LogP contribution >= 0.6 is 23.2 Å². The first-order valence-electron chi connectivity index (χ1n) is 8.18. The number of aryl methyl sites for hydroxylation is 1. The largest absolute Gasteiger partial charge is 0.350 e. The molecule has 0 heterocycles. The molecule has 0 aliphatic rings. The van der Waals surface area contributed by atoms with Gasteiger partial charge in [0.05, 0.1) is 23.7 Å². The van der Waals surface area contributed by atoms with E-state index in [0.29, 0.717) is 11.6 Å². The van der Waals surface area contributed by atoms with Crippen molar-refractivity contribution in [3.63, 3.8) is 0 Å². The van der Waals surface area contributed by atoms with Gasteiger partial charge in [0.1, 0.15) is 0 Å². The molecule has 0 radical (unpaired) electrons. The van der Waals surface area contributed by atoms with Gasteiger partial charge in [0.25, 0.3) is 5.91 Å². The van der Waals surface area contributed by atoms with Gasteiger partial charge in [-0.1, -0.05) is 47.5 Å². The summed E-state index contributed by atoms with van der Waals surface area (Å²) in [4.78, 5) is 35.6. The molecule has 6 nitrogen and oxygen atoms in total. The van der Waals surface area contributed by atoms with Gasteiger partial charge in [0.15, 0.2) is 0 Å². The van der Waals surface area contributed by atoms with E-state index in [9.17, 15) is 14.4 Å². The number of benzene rings is 2. The molecule has 8 heteroatoms. The van der Waals surface area contributed by atoms with Crippen LogP contribution < -0.4 is 16.0 Å². The summed E-state index contributed by atoms with van der Waals surface area (Å²) in [6.45, 7) is 1.89. The van der Waals surface area contributed by atoms with E-state index in [1.165, 1.54) is 18.2 Å². The van der Waals surface area contributed by atoms with Gasteiger partial charge in [-0.15, -0.1) is 0 Å². The molecular weight excluding hydrogens is 389 g/mol. The summed E-state index contributed by atoms with van der Waals surface area (Å²) >= 11 is 11.7. The number of hydrogen-bond acceptors (Lipinski definition) is 3. The molecule has 0 saturated heterocycles. The van der Waals surface area contributed by atoms with Crippen molar-refractivity contribution < 1.29 is 14.4 Å². The number of nitrogens with one attached hydrogen (secondary N) is 3. The van der Waals surface area contributed by atoms with Crippen molar-refractivity contribution in [2.45, 2.75) is 13.5 Å². The Morgan fingerprint density at radius 2 is 1.56 bits per heavy atom. The monoisotopic (exact) mass is 407 g/mol. The van der Waals surface area contributed by atoms with E-state index in [4.69, 9.17) is 23.2 Å². The van der Waals surface area contributed by atoms with Crippen molar-refractivity contribution in [1.82, 2.24) is 16.0 Å². The Kier molecular flexibility index (Phi) is 7.64. The summed E-state index contributed by atoms with van der Waals surface area (Å²) in [7, 11) is 0. The molecule has 3 amide bonds. The highest BCUT2D eigenvalue weighted by Gasteiger charge is 2.12. The minimum atomic E-state index is -0.504. The van der Waals surface area contributed by atoms with Crippen molar-refractivity contribution in [2.75, 3.05) is 13.1 Å². The van der Waals surface area contributed by atoms with Gasteiger partial charge in [-0.25, -0.2) is 0 Å². The average Bonchev–Trinajstić information content (AvgIpc) is 2.63. The van der Waals surface area contributed by atoms with Gasteiger partial charge in [-0.3, -0.25) is 14.4 Å². The van der Waals surface area contributed by atoms with Crippen molar-refractivity contribution in [1.29, 1.82) is 0 Å². The van der Waals surface area contributed by atoms with E-state index in [2.05, 4.69) is 16.0 Å². The van der Waals surface area contributed by atoms with Gasteiger partial charge in [-0.05, 0) is 36.2 Å². The van der Waals surface area contributed by atoms with E-state index < -0.39 is 11.8 Å². The number of rotatable bonds is 7. The second kappa shape index (κ2) is 9.94. The molecule has 27 heavy (non-hydrogen) atoms. The Balaban J connectivity index is 1.71. The number of hydrogen-bond donors (Lipinski definition) is 3. The van der Waals surface area contributed by atoms with Gasteiger partial charge < -0.3 is 16.0 Å². The molecule has 0 saturated carbocycles. The second-order valence-corrected chi connectivity index (χ2v) is 6.63. The lowest BCUT2D eigenvalue weighted by atomic mass is 10.1. The maximum Gasteiger partial charge on any atom is 0.253 e. The summed E-state index contributed by atoms with van der Waals surface area (Å²) in [5, 5.41) is 8.21. The first kappa shape index (κ1) is 20.7. The van der Waals surface area contributed by atoms with Crippen molar-refractivity contribution in [3.8, 4) is 0 Å². The Morgan fingerprint density at radius 1 is 0.889 bits per heavy atom. The summed E-state index contributed by atoms with van der Waals surface area (Å²) in [5.41, 5.74) is 2.29. The zero-order chi connectivity index (χ0) is 19.8. The third-order valence-corrected chi connectivity index (χ3v) is 4.32. The molecule has 0 aliphatic heterocycles. The standard InChI is InChI=1S/C19H19Cl2N3O3/c1-12-4-2-3-5-13(12)9-22-17(25)10-23-18(26)11-24-19(27)15-7-6-14(20)8-16(15)21/h2-8H,9-11H2,1H3,(H,22,25)(H,23,26)(H,24,27). The number of carbonyl (C=O) groups excluding carboxylic acids is 3. The molecule has 2 aromatic carbocycles. The smallest absolute Gasteiger partial charge is 0.253 e. The van der Waals surface area contributed by atoms with Crippen LogP contribution in [0.4, 0.5) is 0 Å². The first-order chi connectivity index (χ1) is 12.9. The zero-order valence-corrected chi connectivity index (χ0v) is 16.2. The fourth-order valence-corrected chi connectivity index (χ4v) is 2.73. The zero-order valence-electron chi connectivity index (χ0n) is 14.6. The Hall–Kier alpha value is -2.57. The first-order valence-corrected chi connectivity index (χ1v) is 8.93. The van der Waals surface area contributed by atoms with E-state index >= 15 is 0 Å². The highest BCUT2D eigenvalue weighted by molar-refractivity contribution is 6.36. The van der Waals surface area contributed by atoms with E-state index in [0.717, 1.165) is 11.1 Å². The quantitative estimate of drug-likeness (QED) is 0.658. The molecule has 2 rings (SSSR count). The Morgan fingerprint density at radius 3 is 2.26 bits per heavy atom. The van der Waals surface area contributed by atoms with E-state index in [-0.39, 0.29) is 29.6 Å². The lowest BCUT2D eigenvalue weighted by Crippen LogP contribution is -2.41. The lowest BCUT2D eigenvalue weighted by Gasteiger charge is -2.10. The highest BCUT2D eigenvalue weighted by atomic mass is 35.5. The van der Waals surface area contributed by atoms with Crippen LogP contribution in [0.25, 0.3) is 0 Å². The molecule has 0 aromatic heterocycles. The van der Waals surface area contributed by atoms with Crippen molar-refractivity contribution in [2.24, 2.45) is 0 Å². The molecule has 0 bridgehead atoms. The lowest BCUT2D eigenvalue weighted by molar-refractivity contribution is -0.125. The van der Waals surface area contributed by atoms with Crippen LogP contribution in [0.2, 0.25) is 10.0 Å². The van der Waals surface area contributed by atoms with Crippen molar-refractivity contribution in [3.05, 3.63) is 69.2 Å². The molecule has 0 fully saturated rings. The number of amides is 3. The van der Waals surface area contributed by atoms with Crippen LogP contribution in [0.3, 0.4) is 0 Å². The number of carbonyl (C=O) groups is 3. The normalized spacial score (nSPS) is 10.2. The van der Waals surface area contributed by atoms with Crippen molar-refractivity contribution >= 4 is 40.9 Å².